The molecule has 0 amide bonds. The molecule has 5 nitrogen and oxygen atoms in total. The summed E-state index contributed by atoms with van der Waals surface area (Å²) in [5, 5.41) is 7.35. The van der Waals surface area contributed by atoms with E-state index < -0.39 is 0 Å². The molecular weight excluding hydrogens is 719 g/mol. The number of ether oxygens (including phenoxy) is 1. The zero-order valence-corrected chi connectivity index (χ0v) is 33.1. The molecule has 0 atom stereocenters. The van der Waals surface area contributed by atoms with Gasteiger partial charge >= 0.3 is 20.4 Å². The van der Waals surface area contributed by atoms with E-state index in [4.69, 9.17) is 14.8 Å². The summed E-state index contributed by atoms with van der Waals surface area (Å²) in [7, 11) is 0. The van der Waals surface area contributed by atoms with Crippen LogP contribution in [0.25, 0.3) is 44.4 Å². The van der Waals surface area contributed by atoms with E-state index in [1.807, 2.05) is 41.2 Å². The molecule has 4 aromatic carbocycles. The van der Waals surface area contributed by atoms with Crippen molar-refractivity contribution in [3.63, 3.8) is 0 Å². The summed E-state index contributed by atoms with van der Waals surface area (Å²) in [6.07, 6.45) is 1.85. The third-order valence-corrected chi connectivity index (χ3v) is 9.89. The van der Waals surface area contributed by atoms with E-state index in [0.29, 0.717) is 11.5 Å². The molecule has 0 bridgehead atoms. The van der Waals surface area contributed by atoms with Gasteiger partial charge in [-0.25, -0.2) is 4.98 Å². The third-order valence-electron chi connectivity index (χ3n) is 9.89. The smallest absolute Gasteiger partial charge is 0.509 e. The van der Waals surface area contributed by atoms with Crippen LogP contribution in [0, 0.1) is 46.8 Å². The maximum absolute atomic E-state index is 6.48. The number of benzene rings is 4. The minimum Gasteiger partial charge on any atom is -0.509 e. The van der Waals surface area contributed by atoms with Crippen molar-refractivity contribution in [3.05, 3.63) is 130 Å². The molecule has 0 saturated carbocycles. The topological polar surface area (TPSA) is 44.9 Å². The van der Waals surface area contributed by atoms with E-state index in [1.165, 1.54) is 33.4 Å². The van der Waals surface area contributed by atoms with Gasteiger partial charge in [-0.1, -0.05) is 71.3 Å². The summed E-state index contributed by atoms with van der Waals surface area (Å²) in [5.41, 5.74) is 13.9. The average Bonchev–Trinajstić information content (AvgIpc) is 3.53. The first kappa shape index (κ1) is 36.3. The molecule has 0 N–H and O–H groups in total. The molecule has 262 valence electrons. The van der Waals surface area contributed by atoms with Gasteiger partial charge in [-0.15, -0.1) is 35.7 Å². The summed E-state index contributed by atoms with van der Waals surface area (Å²) in [6.45, 7) is 24.7. The summed E-state index contributed by atoms with van der Waals surface area (Å²) in [6, 6.07) is 32.1. The predicted octanol–water partition coefficient (Wildman–Crippen LogP) is 11.6. The second-order valence-corrected chi connectivity index (χ2v) is 15.7. The Balaban J connectivity index is 0.00000448. The molecule has 0 spiro atoms. The van der Waals surface area contributed by atoms with Gasteiger partial charge in [0, 0.05) is 34.5 Å². The quantitative estimate of drug-likeness (QED) is 0.129. The average molecular weight is 765 g/mol. The van der Waals surface area contributed by atoms with Gasteiger partial charge in [0.2, 0.25) is 0 Å². The van der Waals surface area contributed by atoms with Gasteiger partial charge < -0.3 is 9.30 Å². The maximum Gasteiger partial charge on any atom is 2.00 e. The first-order valence-electron chi connectivity index (χ1n) is 17.4. The van der Waals surface area contributed by atoms with Crippen LogP contribution in [-0.2, 0) is 31.3 Å². The van der Waals surface area contributed by atoms with Crippen LogP contribution in [0.15, 0.2) is 79.0 Å². The Morgan fingerprint density at radius 1 is 0.667 bits per heavy atom. The van der Waals surface area contributed by atoms with Gasteiger partial charge in [-0.05, 0) is 108 Å². The van der Waals surface area contributed by atoms with E-state index in [2.05, 4.69) is 135 Å². The molecule has 0 aliphatic rings. The molecule has 3 aromatic heterocycles. The van der Waals surface area contributed by atoms with Crippen molar-refractivity contribution in [2.24, 2.45) is 0 Å². The van der Waals surface area contributed by atoms with Crippen molar-refractivity contribution in [1.82, 2.24) is 19.3 Å². The second kappa shape index (κ2) is 13.2. The van der Waals surface area contributed by atoms with Crippen LogP contribution in [-0.4, -0.2) is 19.3 Å². The number of pyridine rings is 1. The van der Waals surface area contributed by atoms with Crippen molar-refractivity contribution >= 4 is 21.8 Å². The Morgan fingerprint density at radius 3 is 2.00 bits per heavy atom. The Bertz CT molecular complexity index is 2400. The van der Waals surface area contributed by atoms with Gasteiger partial charge in [0.15, 0.2) is 0 Å². The Morgan fingerprint density at radius 2 is 1.33 bits per heavy atom. The largest absolute Gasteiger partial charge is 2.00 e. The van der Waals surface area contributed by atoms with Gasteiger partial charge in [-0.3, -0.25) is 4.68 Å². The van der Waals surface area contributed by atoms with E-state index in [1.54, 1.807) is 0 Å². The van der Waals surface area contributed by atoms with Crippen LogP contribution >= 0.6 is 0 Å². The number of para-hydroxylation sites is 1. The fraction of sp³-hybridized carbons (Fsp3) is 0.289. The monoisotopic (exact) mass is 764 g/mol. The third kappa shape index (κ3) is 6.45. The number of nitrogens with zero attached hydrogens (tertiary/aromatic N) is 4. The van der Waals surface area contributed by atoms with E-state index in [9.17, 15) is 0 Å². The molecule has 7 rings (SSSR count). The molecule has 3 heterocycles. The first-order chi connectivity index (χ1) is 23.6. The maximum atomic E-state index is 6.48. The van der Waals surface area contributed by atoms with Crippen LogP contribution in [0.3, 0.4) is 0 Å². The second-order valence-electron chi connectivity index (χ2n) is 15.7. The molecule has 0 unspecified atom stereocenters. The summed E-state index contributed by atoms with van der Waals surface area (Å²) in [5.74, 6) is 2.06. The molecule has 51 heavy (non-hydrogen) atoms. The number of hydrogen-bond acceptors (Lipinski definition) is 3. The Labute approximate surface area is 316 Å². The summed E-state index contributed by atoms with van der Waals surface area (Å²) < 4.78 is 10.6. The molecule has 0 aliphatic heterocycles. The minimum atomic E-state index is 0. The zero-order chi connectivity index (χ0) is 35.7. The van der Waals surface area contributed by atoms with Crippen molar-refractivity contribution in [2.75, 3.05) is 0 Å². The number of aryl methyl sites for hydroxylation is 2. The summed E-state index contributed by atoms with van der Waals surface area (Å²) >= 11 is 0. The predicted molar refractivity (Wildman–Crippen MR) is 206 cm³/mol. The van der Waals surface area contributed by atoms with Crippen molar-refractivity contribution in [1.29, 1.82) is 0 Å². The van der Waals surface area contributed by atoms with Crippen molar-refractivity contribution < 1.29 is 25.2 Å². The fourth-order valence-corrected chi connectivity index (χ4v) is 7.64. The number of rotatable bonds is 5. The molecular formula is C45H46N4OPd. The molecule has 0 fully saturated rings. The van der Waals surface area contributed by atoms with Gasteiger partial charge in [0.25, 0.3) is 0 Å². The summed E-state index contributed by atoms with van der Waals surface area (Å²) in [4.78, 5) is 4.71. The van der Waals surface area contributed by atoms with E-state index >= 15 is 0 Å². The van der Waals surface area contributed by atoms with Crippen LogP contribution in [0.5, 0.6) is 11.5 Å². The normalized spacial score (nSPS) is 12.1. The Hall–Kier alpha value is -4.50. The fourth-order valence-electron chi connectivity index (χ4n) is 7.64. The van der Waals surface area contributed by atoms with Crippen LogP contribution in [0.2, 0.25) is 0 Å². The number of fused-ring (bicyclic) bond motifs is 3. The molecule has 0 radical (unpaired) electrons. The minimum absolute atomic E-state index is 0. The SMILES string of the molecule is Cc1ccnc(-n2c3[c-]c(Oc4[c-]c(-n5nc(C)c(-c6c(C)c(C(C)(C)C)cc(C(C)(C)C)c6C)c5C)ccc4)ccc3c3ccccc32)c1.[Pd+2]. The molecule has 0 aliphatic carbocycles. The molecule has 6 heteroatoms. The van der Waals surface area contributed by atoms with Crippen LogP contribution in [0.1, 0.15) is 80.7 Å². The van der Waals surface area contributed by atoms with E-state index in [0.717, 1.165) is 50.3 Å². The first-order valence-corrected chi connectivity index (χ1v) is 17.4. The zero-order valence-electron chi connectivity index (χ0n) is 31.5. The van der Waals surface area contributed by atoms with Crippen molar-refractivity contribution in [3.8, 4) is 34.1 Å². The molecule has 7 aromatic rings. The number of hydrogen-bond donors (Lipinski definition) is 0. The van der Waals surface area contributed by atoms with Crippen molar-refractivity contribution in [2.45, 2.75) is 87.0 Å². The molecule has 0 saturated heterocycles. The van der Waals surface area contributed by atoms with Crippen LogP contribution < -0.4 is 4.74 Å². The Kier molecular flexibility index (Phi) is 9.42. The number of aromatic nitrogens is 4. The van der Waals surface area contributed by atoms with E-state index in [-0.39, 0.29) is 31.3 Å². The standard InChI is InChI=1S/C45H46N4O.Pd/c1-27-21-22-46-41(23-27)48-39-18-13-12-17-35(39)36-20-19-34(25-40(36)48)50-33-16-14-15-32(24-33)49-31(5)43(30(4)47-49)42-28(2)37(44(6,7)8)26-38(29(42)3)45(9,10)11;/h12-23,26H,1-11H3;/q-2;+2. The van der Waals surface area contributed by atoms with Gasteiger partial charge in [0.05, 0.1) is 5.69 Å². The van der Waals surface area contributed by atoms with Gasteiger partial charge in [0.1, 0.15) is 5.82 Å². The van der Waals surface area contributed by atoms with Crippen LogP contribution in [0.4, 0.5) is 0 Å². The van der Waals surface area contributed by atoms with Gasteiger partial charge in [-0.2, -0.15) is 17.2 Å².